The fourth-order valence-electron chi connectivity index (χ4n) is 2.26. The number of sulfonamides is 1. The number of benzene rings is 1. The third kappa shape index (κ3) is 4.55. The van der Waals surface area contributed by atoms with E-state index in [-0.39, 0.29) is 17.5 Å². The summed E-state index contributed by atoms with van der Waals surface area (Å²) < 4.78 is 27.3. The molecule has 2 N–H and O–H groups in total. The molecule has 1 fully saturated rings. The molecule has 5 nitrogen and oxygen atoms in total. The van der Waals surface area contributed by atoms with Crippen LogP contribution in [0.5, 0.6) is 0 Å². The molecule has 1 aromatic carbocycles. The quantitative estimate of drug-likeness (QED) is 0.790. The van der Waals surface area contributed by atoms with Gasteiger partial charge < -0.3 is 10.0 Å². The van der Waals surface area contributed by atoms with E-state index in [0.717, 1.165) is 25.1 Å². The SMILES string of the molecule is CN1CCC(NS(=O)(=O)c2ccc(C#CCCO)cc2)C1. The van der Waals surface area contributed by atoms with E-state index in [1.807, 2.05) is 7.05 Å². The Hall–Kier alpha value is -1.39. The molecular formula is C15H20N2O3S. The Morgan fingerprint density at radius 1 is 1.38 bits per heavy atom. The van der Waals surface area contributed by atoms with Crippen molar-refractivity contribution in [3.05, 3.63) is 29.8 Å². The van der Waals surface area contributed by atoms with Crippen LogP contribution < -0.4 is 4.72 Å². The summed E-state index contributed by atoms with van der Waals surface area (Å²) in [6, 6.07) is 6.46. The van der Waals surface area contributed by atoms with Crippen LogP contribution in [0, 0.1) is 11.8 Å². The first kappa shape index (κ1) is 16.0. The van der Waals surface area contributed by atoms with Gasteiger partial charge in [0.25, 0.3) is 0 Å². The van der Waals surface area contributed by atoms with Crippen molar-refractivity contribution in [3.8, 4) is 11.8 Å². The second kappa shape index (κ2) is 7.05. The zero-order valence-electron chi connectivity index (χ0n) is 12.0. The maximum atomic E-state index is 12.3. The Labute approximate surface area is 126 Å². The van der Waals surface area contributed by atoms with Crippen LogP contribution in [0.15, 0.2) is 29.2 Å². The van der Waals surface area contributed by atoms with Gasteiger partial charge in [-0.05, 0) is 44.3 Å². The normalized spacial score (nSPS) is 19.2. The van der Waals surface area contributed by atoms with Crippen LogP contribution in [-0.2, 0) is 10.0 Å². The molecule has 0 aromatic heterocycles. The highest BCUT2D eigenvalue weighted by molar-refractivity contribution is 7.89. The number of hydrogen-bond donors (Lipinski definition) is 2. The summed E-state index contributed by atoms with van der Waals surface area (Å²) in [5, 5.41) is 8.66. The van der Waals surface area contributed by atoms with Gasteiger partial charge in [0.05, 0.1) is 11.5 Å². The molecule has 1 atom stereocenters. The first-order valence-corrected chi connectivity index (χ1v) is 8.40. The molecule has 2 rings (SSSR count). The predicted molar refractivity (Wildman–Crippen MR) is 81.2 cm³/mol. The van der Waals surface area contributed by atoms with Crippen molar-refractivity contribution in [2.45, 2.75) is 23.8 Å². The van der Waals surface area contributed by atoms with Crippen molar-refractivity contribution < 1.29 is 13.5 Å². The van der Waals surface area contributed by atoms with Gasteiger partial charge in [0, 0.05) is 24.6 Å². The summed E-state index contributed by atoms with van der Waals surface area (Å²) in [5.41, 5.74) is 0.739. The topological polar surface area (TPSA) is 69.6 Å². The van der Waals surface area contributed by atoms with Crippen LogP contribution in [0.4, 0.5) is 0 Å². The second-order valence-electron chi connectivity index (χ2n) is 5.17. The fraction of sp³-hybridized carbons (Fsp3) is 0.467. The van der Waals surface area contributed by atoms with E-state index in [1.54, 1.807) is 24.3 Å². The maximum Gasteiger partial charge on any atom is 0.240 e. The minimum absolute atomic E-state index is 0.0241. The molecule has 1 heterocycles. The van der Waals surface area contributed by atoms with Crippen LogP contribution in [0.2, 0.25) is 0 Å². The summed E-state index contributed by atoms with van der Waals surface area (Å²) in [6.07, 6.45) is 1.25. The Balaban J connectivity index is 2.05. The summed E-state index contributed by atoms with van der Waals surface area (Å²) in [7, 11) is -1.49. The van der Waals surface area contributed by atoms with Gasteiger partial charge in [-0.15, -0.1) is 0 Å². The van der Waals surface area contributed by atoms with E-state index in [2.05, 4.69) is 21.5 Å². The smallest absolute Gasteiger partial charge is 0.240 e. The number of likely N-dealkylation sites (tertiary alicyclic amines) is 1. The number of nitrogens with zero attached hydrogens (tertiary/aromatic N) is 1. The van der Waals surface area contributed by atoms with Gasteiger partial charge in [0.1, 0.15) is 0 Å². The molecule has 1 aliphatic heterocycles. The van der Waals surface area contributed by atoms with Crippen molar-refractivity contribution in [2.75, 3.05) is 26.7 Å². The van der Waals surface area contributed by atoms with Crippen LogP contribution in [0.25, 0.3) is 0 Å². The lowest BCUT2D eigenvalue weighted by atomic mass is 10.2. The molecule has 1 aliphatic rings. The lowest BCUT2D eigenvalue weighted by molar-refractivity contribution is 0.305. The summed E-state index contributed by atoms with van der Waals surface area (Å²) >= 11 is 0. The van der Waals surface area contributed by atoms with Gasteiger partial charge in [0.15, 0.2) is 0 Å². The van der Waals surface area contributed by atoms with Gasteiger partial charge in [0.2, 0.25) is 10.0 Å². The third-order valence-electron chi connectivity index (χ3n) is 3.35. The van der Waals surface area contributed by atoms with Gasteiger partial charge in [-0.1, -0.05) is 11.8 Å². The fourth-order valence-corrected chi connectivity index (χ4v) is 3.52. The van der Waals surface area contributed by atoms with Crippen LogP contribution in [-0.4, -0.2) is 51.2 Å². The van der Waals surface area contributed by atoms with Crippen LogP contribution in [0.3, 0.4) is 0 Å². The average Bonchev–Trinajstić information content (AvgIpc) is 2.84. The highest BCUT2D eigenvalue weighted by Crippen LogP contribution is 2.14. The van der Waals surface area contributed by atoms with Crippen molar-refractivity contribution >= 4 is 10.0 Å². The van der Waals surface area contributed by atoms with E-state index in [9.17, 15) is 8.42 Å². The summed E-state index contributed by atoms with van der Waals surface area (Å²) in [5.74, 6) is 5.67. The van der Waals surface area contributed by atoms with Gasteiger partial charge >= 0.3 is 0 Å². The van der Waals surface area contributed by atoms with Gasteiger partial charge in [-0.3, -0.25) is 0 Å². The second-order valence-corrected chi connectivity index (χ2v) is 6.88. The van der Waals surface area contributed by atoms with Crippen molar-refractivity contribution in [1.29, 1.82) is 0 Å². The van der Waals surface area contributed by atoms with Crippen molar-refractivity contribution in [3.63, 3.8) is 0 Å². The number of likely N-dealkylation sites (N-methyl/N-ethyl adjacent to an activating group) is 1. The Morgan fingerprint density at radius 3 is 2.67 bits per heavy atom. The van der Waals surface area contributed by atoms with Crippen molar-refractivity contribution in [1.82, 2.24) is 9.62 Å². The van der Waals surface area contributed by atoms with E-state index < -0.39 is 10.0 Å². The van der Waals surface area contributed by atoms with Crippen LogP contribution >= 0.6 is 0 Å². The molecular weight excluding hydrogens is 288 g/mol. The highest BCUT2D eigenvalue weighted by Gasteiger charge is 2.25. The summed E-state index contributed by atoms with van der Waals surface area (Å²) in [4.78, 5) is 2.36. The number of rotatable bonds is 4. The lowest BCUT2D eigenvalue weighted by Gasteiger charge is -2.13. The predicted octanol–water partition coefficient (Wildman–Crippen LogP) is 0.403. The van der Waals surface area contributed by atoms with E-state index >= 15 is 0 Å². The molecule has 1 saturated heterocycles. The number of hydrogen-bond acceptors (Lipinski definition) is 4. The van der Waals surface area contributed by atoms with Crippen LogP contribution in [0.1, 0.15) is 18.4 Å². The largest absolute Gasteiger partial charge is 0.395 e. The number of aliphatic hydroxyl groups is 1. The molecule has 114 valence electrons. The van der Waals surface area contributed by atoms with Gasteiger partial charge in [-0.25, -0.2) is 13.1 Å². The first-order chi connectivity index (χ1) is 10.0. The minimum Gasteiger partial charge on any atom is -0.395 e. The first-order valence-electron chi connectivity index (χ1n) is 6.92. The molecule has 0 saturated carbocycles. The maximum absolute atomic E-state index is 12.3. The standard InChI is InChI=1S/C15H20N2O3S/c1-17-10-9-14(12-17)16-21(19,20)15-7-5-13(6-8-15)4-2-3-11-18/h5-8,14,16,18H,3,9-12H2,1H3. The Morgan fingerprint density at radius 2 is 2.10 bits per heavy atom. The Kier molecular flexibility index (Phi) is 5.37. The highest BCUT2D eigenvalue weighted by atomic mass is 32.2. The number of aliphatic hydroxyl groups excluding tert-OH is 1. The number of nitrogens with one attached hydrogen (secondary N) is 1. The molecule has 6 heteroatoms. The van der Waals surface area contributed by atoms with E-state index in [0.29, 0.717) is 6.42 Å². The molecule has 0 spiro atoms. The van der Waals surface area contributed by atoms with E-state index in [1.165, 1.54) is 0 Å². The Bertz CT molecular complexity index is 629. The zero-order chi connectivity index (χ0) is 15.3. The molecule has 0 aliphatic carbocycles. The lowest BCUT2D eigenvalue weighted by Crippen LogP contribution is -2.36. The molecule has 1 aromatic rings. The summed E-state index contributed by atoms with van der Waals surface area (Å²) in [6.45, 7) is 1.68. The monoisotopic (exact) mass is 308 g/mol. The minimum atomic E-state index is -3.47. The van der Waals surface area contributed by atoms with Gasteiger partial charge in [-0.2, -0.15) is 0 Å². The van der Waals surface area contributed by atoms with E-state index in [4.69, 9.17) is 5.11 Å². The average molecular weight is 308 g/mol. The zero-order valence-corrected chi connectivity index (χ0v) is 12.9. The molecule has 1 unspecified atom stereocenters. The molecule has 0 amide bonds. The molecule has 0 bridgehead atoms. The third-order valence-corrected chi connectivity index (χ3v) is 4.88. The molecule has 0 radical (unpaired) electrons. The molecule has 21 heavy (non-hydrogen) atoms. The van der Waals surface area contributed by atoms with Crippen molar-refractivity contribution in [2.24, 2.45) is 0 Å².